The van der Waals surface area contributed by atoms with Crippen LogP contribution in [0.1, 0.15) is 110 Å². The summed E-state index contributed by atoms with van der Waals surface area (Å²) < 4.78 is 16.9. The molecule has 0 aliphatic carbocycles. The van der Waals surface area contributed by atoms with Crippen LogP contribution >= 0.6 is 0 Å². The average molecular weight is 568 g/mol. The summed E-state index contributed by atoms with van der Waals surface area (Å²) in [7, 11) is 5.36. The van der Waals surface area contributed by atoms with Crippen LogP contribution in [0.15, 0.2) is 24.3 Å². The topological polar surface area (TPSA) is 102 Å². The van der Waals surface area contributed by atoms with E-state index in [0.717, 1.165) is 51.4 Å². The maximum absolute atomic E-state index is 12.4. The molecule has 0 bridgehead atoms. The predicted molar refractivity (Wildman–Crippen MR) is 157 cm³/mol. The molecule has 8 heteroatoms. The van der Waals surface area contributed by atoms with E-state index >= 15 is 0 Å². The second-order valence-corrected chi connectivity index (χ2v) is 11.3. The molecule has 232 valence electrons. The minimum atomic E-state index is -1.13. The zero-order valence-corrected chi connectivity index (χ0v) is 26.0. The fourth-order valence-corrected chi connectivity index (χ4v) is 4.16. The standard InChI is InChI=1S/C32H57NO7/c1-6-8-10-12-14-15-17-18-20-22-30(34)39-27-28(26-38-25-24-29(32(36)37)33(3,4)5)40-31(35)23-21-19-16-13-11-9-7-2/h8,10,14-15,28-29H,6-7,9,11-13,16-27H2,1-5H3/b10-8+,15-14+. The number of unbranched alkanes of at least 4 members (excludes halogenated alkanes) is 8. The normalized spacial score (nSPS) is 13.5. The number of hydrogen-bond donors (Lipinski definition) is 0. The lowest BCUT2D eigenvalue weighted by atomic mass is 10.1. The van der Waals surface area contributed by atoms with Gasteiger partial charge in [-0.3, -0.25) is 9.59 Å². The summed E-state index contributed by atoms with van der Waals surface area (Å²) in [5.74, 6) is -1.80. The highest BCUT2D eigenvalue weighted by Crippen LogP contribution is 2.11. The smallest absolute Gasteiger partial charge is 0.306 e. The second kappa shape index (κ2) is 24.6. The number of ether oxygens (including phenoxy) is 3. The Hall–Kier alpha value is -2.19. The van der Waals surface area contributed by atoms with Crippen LogP contribution in [0.4, 0.5) is 0 Å². The Morgan fingerprint density at radius 1 is 0.775 bits per heavy atom. The Morgan fingerprint density at radius 2 is 1.40 bits per heavy atom. The third-order valence-corrected chi connectivity index (χ3v) is 6.60. The number of rotatable bonds is 26. The van der Waals surface area contributed by atoms with Crippen LogP contribution in [0.3, 0.4) is 0 Å². The molecule has 8 nitrogen and oxygen atoms in total. The van der Waals surface area contributed by atoms with Gasteiger partial charge >= 0.3 is 11.9 Å². The van der Waals surface area contributed by atoms with Crippen molar-refractivity contribution in [3.63, 3.8) is 0 Å². The SMILES string of the molecule is CC/C=C/C/C=C/CCCCC(=O)OCC(COCCC(C(=O)[O-])[N+](C)(C)C)OC(=O)CCCCCCCCC. The van der Waals surface area contributed by atoms with Gasteiger partial charge in [0.25, 0.3) is 0 Å². The van der Waals surface area contributed by atoms with Crippen molar-refractivity contribution in [3.05, 3.63) is 24.3 Å². The molecule has 0 radical (unpaired) electrons. The van der Waals surface area contributed by atoms with E-state index in [9.17, 15) is 19.5 Å². The fraction of sp³-hybridized carbons (Fsp3) is 0.781. The Morgan fingerprint density at radius 3 is 2.05 bits per heavy atom. The summed E-state index contributed by atoms with van der Waals surface area (Å²) >= 11 is 0. The number of nitrogens with zero attached hydrogens (tertiary/aromatic N) is 1. The van der Waals surface area contributed by atoms with Crippen molar-refractivity contribution >= 4 is 17.9 Å². The van der Waals surface area contributed by atoms with E-state index in [1.165, 1.54) is 25.7 Å². The molecule has 0 saturated carbocycles. The molecule has 2 atom stereocenters. The number of carbonyl (C=O) groups excluding carboxylic acids is 3. The van der Waals surface area contributed by atoms with Crippen LogP contribution in [-0.2, 0) is 28.6 Å². The molecule has 0 aromatic carbocycles. The van der Waals surface area contributed by atoms with Gasteiger partial charge in [0.05, 0.1) is 40.3 Å². The maximum atomic E-state index is 12.4. The van der Waals surface area contributed by atoms with Crippen molar-refractivity contribution in [1.29, 1.82) is 0 Å². The Labute approximate surface area is 243 Å². The number of quaternary nitrogens is 1. The summed E-state index contributed by atoms with van der Waals surface area (Å²) in [6.07, 6.45) is 20.9. The van der Waals surface area contributed by atoms with E-state index in [1.807, 2.05) is 0 Å². The number of carboxylic acids is 1. The highest BCUT2D eigenvalue weighted by atomic mass is 16.6. The molecule has 0 aliphatic heterocycles. The molecule has 2 unspecified atom stereocenters. The third kappa shape index (κ3) is 22.6. The van der Waals surface area contributed by atoms with Gasteiger partial charge in [0.15, 0.2) is 6.10 Å². The first-order chi connectivity index (χ1) is 19.1. The number of aliphatic carboxylic acids is 1. The number of carbonyl (C=O) groups is 3. The van der Waals surface area contributed by atoms with Gasteiger partial charge in [0.1, 0.15) is 12.6 Å². The molecule has 0 aromatic heterocycles. The van der Waals surface area contributed by atoms with Gasteiger partial charge in [-0.15, -0.1) is 0 Å². The Balaban J connectivity index is 4.57. The van der Waals surface area contributed by atoms with Gasteiger partial charge in [0, 0.05) is 19.3 Å². The summed E-state index contributed by atoms with van der Waals surface area (Å²) in [5, 5.41) is 11.5. The van der Waals surface area contributed by atoms with E-state index in [4.69, 9.17) is 14.2 Å². The van der Waals surface area contributed by atoms with Crippen LogP contribution in [-0.4, -0.2) is 75.5 Å². The van der Waals surface area contributed by atoms with Crippen LogP contribution in [0.25, 0.3) is 0 Å². The second-order valence-electron chi connectivity index (χ2n) is 11.3. The quantitative estimate of drug-likeness (QED) is 0.0606. The largest absolute Gasteiger partial charge is 0.544 e. The molecule has 0 spiro atoms. The van der Waals surface area contributed by atoms with Crippen LogP contribution in [0.5, 0.6) is 0 Å². The van der Waals surface area contributed by atoms with E-state index in [1.54, 1.807) is 21.1 Å². The number of carboxylic acid groups (broad SMARTS) is 1. The molecule has 0 N–H and O–H groups in total. The van der Waals surface area contributed by atoms with E-state index in [2.05, 4.69) is 38.2 Å². The number of hydrogen-bond acceptors (Lipinski definition) is 7. The Bertz CT molecular complexity index is 727. The molecule has 0 saturated heterocycles. The predicted octanol–water partition coefficient (Wildman–Crippen LogP) is 5.29. The lowest BCUT2D eigenvalue weighted by Gasteiger charge is -2.34. The van der Waals surface area contributed by atoms with Gasteiger partial charge in [-0.1, -0.05) is 76.7 Å². The molecule has 0 rings (SSSR count). The first-order valence-corrected chi connectivity index (χ1v) is 15.4. The van der Waals surface area contributed by atoms with Crippen molar-refractivity contribution in [3.8, 4) is 0 Å². The van der Waals surface area contributed by atoms with Crippen molar-refractivity contribution in [2.45, 2.75) is 122 Å². The zero-order chi connectivity index (χ0) is 30.1. The average Bonchev–Trinajstić information content (AvgIpc) is 2.89. The lowest BCUT2D eigenvalue weighted by Crippen LogP contribution is -2.55. The zero-order valence-electron chi connectivity index (χ0n) is 26.0. The molecule has 0 heterocycles. The Kier molecular flexibility index (Phi) is 23.2. The van der Waals surface area contributed by atoms with E-state index < -0.39 is 18.1 Å². The van der Waals surface area contributed by atoms with E-state index in [-0.39, 0.29) is 42.7 Å². The summed E-state index contributed by atoms with van der Waals surface area (Å²) in [6, 6.07) is -0.723. The molecule has 0 amide bonds. The first-order valence-electron chi connectivity index (χ1n) is 15.4. The minimum Gasteiger partial charge on any atom is -0.544 e. The van der Waals surface area contributed by atoms with Gasteiger partial charge in [-0.25, -0.2) is 0 Å². The highest BCUT2D eigenvalue weighted by Gasteiger charge is 2.25. The van der Waals surface area contributed by atoms with Crippen molar-refractivity contribution < 1.29 is 38.2 Å². The molecular formula is C32H57NO7. The number of esters is 2. The molecule has 40 heavy (non-hydrogen) atoms. The molecule has 0 fully saturated rings. The van der Waals surface area contributed by atoms with Gasteiger partial charge < -0.3 is 28.6 Å². The maximum Gasteiger partial charge on any atom is 0.306 e. The highest BCUT2D eigenvalue weighted by molar-refractivity contribution is 5.70. The molecule has 0 aliphatic rings. The van der Waals surface area contributed by atoms with Crippen molar-refractivity contribution in [1.82, 2.24) is 0 Å². The van der Waals surface area contributed by atoms with Crippen LogP contribution in [0.2, 0.25) is 0 Å². The van der Waals surface area contributed by atoms with Gasteiger partial charge in [-0.05, 0) is 38.5 Å². The van der Waals surface area contributed by atoms with Crippen LogP contribution < -0.4 is 5.11 Å². The number of likely N-dealkylation sites (N-methyl/N-ethyl adjacent to an activating group) is 1. The summed E-state index contributed by atoms with van der Waals surface area (Å²) in [4.78, 5) is 36.2. The summed E-state index contributed by atoms with van der Waals surface area (Å²) in [6.45, 7) is 4.41. The molecule has 0 aromatic rings. The minimum absolute atomic E-state index is 0.0320. The molecular weight excluding hydrogens is 510 g/mol. The summed E-state index contributed by atoms with van der Waals surface area (Å²) in [5.41, 5.74) is 0. The van der Waals surface area contributed by atoms with Gasteiger partial charge in [0.2, 0.25) is 0 Å². The van der Waals surface area contributed by atoms with E-state index in [0.29, 0.717) is 12.8 Å². The third-order valence-electron chi connectivity index (χ3n) is 6.60. The monoisotopic (exact) mass is 567 g/mol. The van der Waals surface area contributed by atoms with Crippen molar-refractivity contribution in [2.24, 2.45) is 0 Å². The number of allylic oxidation sites excluding steroid dienone is 4. The first kappa shape index (κ1) is 37.8. The van der Waals surface area contributed by atoms with Crippen LogP contribution in [0, 0.1) is 0 Å². The van der Waals surface area contributed by atoms with Crippen molar-refractivity contribution in [2.75, 3.05) is 41.0 Å². The van der Waals surface area contributed by atoms with Gasteiger partial charge in [-0.2, -0.15) is 0 Å². The lowest BCUT2D eigenvalue weighted by molar-refractivity contribution is -0.889. The fourth-order valence-electron chi connectivity index (χ4n) is 4.16.